The van der Waals surface area contributed by atoms with E-state index in [1.807, 2.05) is 13.1 Å². The Kier molecular flexibility index (Phi) is 5.70. The molecule has 0 aliphatic carbocycles. The van der Waals surface area contributed by atoms with Gasteiger partial charge in [0, 0.05) is 19.1 Å². The number of halogens is 1. The molecule has 1 aromatic carbocycles. The Labute approximate surface area is 125 Å². The van der Waals surface area contributed by atoms with Gasteiger partial charge < -0.3 is 10.6 Å². The van der Waals surface area contributed by atoms with Crippen LogP contribution in [0.2, 0.25) is 0 Å². The largest absolute Gasteiger partial charge is 0.351 e. The van der Waals surface area contributed by atoms with E-state index in [1.54, 1.807) is 13.0 Å². The maximum absolute atomic E-state index is 13.4. The molecule has 116 valence electrons. The molecule has 1 amide bonds. The summed E-state index contributed by atoms with van der Waals surface area (Å²) < 4.78 is 13.4. The molecule has 1 saturated heterocycles. The van der Waals surface area contributed by atoms with Crippen LogP contribution in [0.1, 0.15) is 24.0 Å². The summed E-state index contributed by atoms with van der Waals surface area (Å²) in [7, 11) is 1.97. The van der Waals surface area contributed by atoms with Crippen molar-refractivity contribution in [3.05, 3.63) is 35.1 Å². The third kappa shape index (κ3) is 4.79. The first-order valence-electron chi connectivity index (χ1n) is 7.49. The van der Waals surface area contributed by atoms with E-state index < -0.39 is 0 Å². The summed E-state index contributed by atoms with van der Waals surface area (Å²) in [6.07, 6.45) is 2.28. The third-order valence-corrected chi connectivity index (χ3v) is 4.01. The minimum Gasteiger partial charge on any atom is -0.351 e. The number of hydrogen-bond acceptors (Lipinski definition) is 3. The van der Waals surface area contributed by atoms with Gasteiger partial charge in [0.2, 0.25) is 5.91 Å². The molecule has 1 aliphatic rings. The van der Waals surface area contributed by atoms with Crippen molar-refractivity contribution in [3.63, 3.8) is 0 Å². The second kappa shape index (κ2) is 7.52. The molecule has 21 heavy (non-hydrogen) atoms. The topological polar surface area (TPSA) is 44.4 Å². The van der Waals surface area contributed by atoms with Gasteiger partial charge in [0.1, 0.15) is 5.82 Å². The molecule has 1 fully saturated rings. The number of nitrogens with one attached hydrogen (secondary N) is 2. The Hall–Kier alpha value is -1.46. The van der Waals surface area contributed by atoms with Gasteiger partial charge in [0.25, 0.3) is 0 Å². The molecule has 1 aliphatic heterocycles. The van der Waals surface area contributed by atoms with Crippen molar-refractivity contribution < 1.29 is 9.18 Å². The summed E-state index contributed by atoms with van der Waals surface area (Å²) in [4.78, 5) is 14.0. The Bertz CT molecular complexity index is 486. The van der Waals surface area contributed by atoms with Crippen LogP contribution >= 0.6 is 0 Å². The van der Waals surface area contributed by atoms with Crippen LogP contribution in [0, 0.1) is 12.7 Å². The monoisotopic (exact) mass is 293 g/mol. The van der Waals surface area contributed by atoms with E-state index in [-0.39, 0.29) is 11.7 Å². The number of likely N-dealkylation sites (N-methyl/N-ethyl adjacent to an activating group) is 1. The number of rotatable bonds is 5. The predicted octanol–water partition coefficient (Wildman–Crippen LogP) is 1.43. The third-order valence-electron chi connectivity index (χ3n) is 4.01. The molecule has 1 unspecified atom stereocenters. The molecule has 1 aromatic rings. The van der Waals surface area contributed by atoms with Crippen molar-refractivity contribution in [1.29, 1.82) is 0 Å². The Morgan fingerprint density at radius 3 is 3.00 bits per heavy atom. The lowest BCUT2D eigenvalue weighted by atomic mass is 10.1. The predicted molar refractivity (Wildman–Crippen MR) is 81.5 cm³/mol. The highest BCUT2D eigenvalue weighted by Crippen LogP contribution is 2.09. The molecule has 0 radical (unpaired) electrons. The number of piperidine rings is 1. The van der Waals surface area contributed by atoms with Crippen LogP contribution in [0.4, 0.5) is 4.39 Å². The number of aryl methyl sites for hydroxylation is 1. The molecular weight excluding hydrogens is 269 g/mol. The number of amides is 1. The first kappa shape index (κ1) is 15.9. The highest BCUT2D eigenvalue weighted by molar-refractivity contribution is 5.78. The molecule has 1 heterocycles. The van der Waals surface area contributed by atoms with Gasteiger partial charge in [-0.1, -0.05) is 12.1 Å². The molecule has 1 atom stereocenters. The lowest BCUT2D eigenvalue weighted by Gasteiger charge is -2.31. The lowest BCUT2D eigenvalue weighted by molar-refractivity contribution is -0.122. The van der Waals surface area contributed by atoms with Crippen LogP contribution in [0.3, 0.4) is 0 Å². The van der Waals surface area contributed by atoms with Gasteiger partial charge in [0.15, 0.2) is 0 Å². The Balaban J connectivity index is 1.77. The molecular formula is C16H24FN3O. The average molecular weight is 293 g/mol. The fraction of sp³-hybridized carbons (Fsp3) is 0.562. The van der Waals surface area contributed by atoms with Crippen molar-refractivity contribution in [2.45, 2.75) is 32.4 Å². The molecule has 0 bridgehead atoms. The van der Waals surface area contributed by atoms with Crippen LogP contribution in [-0.2, 0) is 11.3 Å². The van der Waals surface area contributed by atoms with E-state index in [2.05, 4.69) is 15.5 Å². The fourth-order valence-electron chi connectivity index (χ4n) is 2.57. The number of hydrogen-bond donors (Lipinski definition) is 2. The fourth-order valence-corrected chi connectivity index (χ4v) is 2.57. The smallest absolute Gasteiger partial charge is 0.234 e. The normalized spacial score (nSPS) is 18.8. The van der Waals surface area contributed by atoms with Crippen LogP contribution in [0.15, 0.2) is 18.2 Å². The van der Waals surface area contributed by atoms with Crippen molar-refractivity contribution in [2.75, 3.05) is 26.7 Å². The van der Waals surface area contributed by atoms with E-state index in [4.69, 9.17) is 0 Å². The van der Waals surface area contributed by atoms with Gasteiger partial charge in [0.05, 0.1) is 6.54 Å². The van der Waals surface area contributed by atoms with E-state index >= 15 is 0 Å². The van der Waals surface area contributed by atoms with Gasteiger partial charge in [-0.2, -0.15) is 0 Å². The van der Waals surface area contributed by atoms with Crippen molar-refractivity contribution in [2.24, 2.45) is 0 Å². The Morgan fingerprint density at radius 1 is 1.52 bits per heavy atom. The van der Waals surface area contributed by atoms with E-state index in [0.717, 1.165) is 31.5 Å². The average Bonchev–Trinajstić information content (AvgIpc) is 2.49. The summed E-state index contributed by atoms with van der Waals surface area (Å²) >= 11 is 0. The zero-order chi connectivity index (χ0) is 15.2. The second-order valence-corrected chi connectivity index (χ2v) is 5.78. The van der Waals surface area contributed by atoms with Gasteiger partial charge in [-0.15, -0.1) is 0 Å². The summed E-state index contributed by atoms with van der Waals surface area (Å²) in [6, 6.07) is 5.47. The number of nitrogens with zero attached hydrogens (tertiary/aromatic N) is 1. The van der Waals surface area contributed by atoms with Gasteiger partial charge >= 0.3 is 0 Å². The van der Waals surface area contributed by atoms with Crippen molar-refractivity contribution in [3.8, 4) is 0 Å². The molecule has 0 saturated carbocycles. The van der Waals surface area contributed by atoms with Gasteiger partial charge in [-0.3, -0.25) is 9.69 Å². The van der Waals surface area contributed by atoms with Crippen LogP contribution in [-0.4, -0.2) is 43.5 Å². The first-order chi connectivity index (χ1) is 10.1. The maximum Gasteiger partial charge on any atom is 0.234 e. The minimum atomic E-state index is -0.229. The van der Waals surface area contributed by atoms with E-state index in [1.165, 1.54) is 6.07 Å². The summed E-state index contributed by atoms with van der Waals surface area (Å²) in [5.74, 6) is -0.254. The van der Waals surface area contributed by atoms with E-state index in [9.17, 15) is 9.18 Å². The number of carbonyl (C=O) groups excluding carboxylic acids is 1. The Morgan fingerprint density at radius 2 is 2.33 bits per heavy atom. The van der Waals surface area contributed by atoms with Gasteiger partial charge in [-0.25, -0.2) is 4.39 Å². The highest BCUT2D eigenvalue weighted by Gasteiger charge is 2.19. The molecule has 2 N–H and O–H groups in total. The molecule has 5 heteroatoms. The quantitative estimate of drug-likeness (QED) is 0.863. The summed E-state index contributed by atoms with van der Waals surface area (Å²) in [5.41, 5.74) is 1.41. The SMILES string of the molecule is Cc1ccc(CNC(=O)CN(C)C2CCCNC2)cc1F. The van der Waals surface area contributed by atoms with Crippen molar-refractivity contribution >= 4 is 5.91 Å². The standard InChI is InChI=1S/C16H24FN3O/c1-12-5-6-13(8-15(12)17)9-19-16(21)11-20(2)14-4-3-7-18-10-14/h5-6,8,14,18H,3-4,7,9-11H2,1-2H3,(H,19,21). The van der Waals surface area contributed by atoms with Gasteiger partial charge in [-0.05, 0) is 50.6 Å². The molecule has 2 rings (SSSR count). The van der Waals surface area contributed by atoms with Crippen LogP contribution < -0.4 is 10.6 Å². The molecule has 0 spiro atoms. The first-order valence-corrected chi connectivity index (χ1v) is 7.49. The van der Waals surface area contributed by atoms with Crippen molar-refractivity contribution in [1.82, 2.24) is 15.5 Å². The summed E-state index contributed by atoms with van der Waals surface area (Å²) in [6.45, 7) is 4.47. The zero-order valence-electron chi connectivity index (χ0n) is 12.8. The highest BCUT2D eigenvalue weighted by atomic mass is 19.1. The van der Waals surface area contributed by atoms with E-state index in [0.29, 0.717) is 24.7 Å². The van der Waals surface area contributed by atoms with Crippen LogP contribution in [0.5, 0.6) is 0 Å². The number of benzene rings is 1. The summed E-state index contributed by atoms with van der Waals surface area (Å²) in [5, 5.41) is 6.19. The lowest BCUT2D eigenvalue weighted by Crippen LogP contribution is -2.47. The minimum absolute atomic E-state index is 0.0240. The molecule has 0 aromatic heterocycles. The van der Waals surface area contributed by atoms with Crippen LogP contribution in [0.25, 0.3) is 0 Å². The number of carbonyl (C=O) groups is 1. The maximum atomic E-state index is 13.4. The second-order valence-electron chi connectivity index (χ2n) is 5.78. The zero-order valence-corrected chi connectivity index (χ0v) is 12.8. The molecule has 4 nitrogen and oxygen atoms in total.